The van der Waals surface area contributed by atoms with Gasteiger partial charge in [-0.25, -0.2) is 9.37 Å². The van der Waals surface area contributed by atoms with Gasteiger partial charge in [-0.3, -0.25) is 0 Å². The van der Waals surface area contributed by atoms with Crippen LogP contribution in [0.5, 0.6) is 6.01 Å². The molecule has 0 unspecified atom stereocenters. The lowest BCUT2D eigenvalue weighted by atomic mass is 10.1. The van der Waals surface area contributed by atoms with Gasteiger partial charge in [0.25, 0.3) is 0 Å². The van der Waals surface area contributed by atoms with E-state index in [1.54, 1.807) is 10.9 Å². The second kappa shape index (κ2) is 8.05. The van der Waals surface area contributed by atoms with Crippen molar-refractivity contribution in [3.63, 3.8) is 0 Å². The summed E-state index contributed by atoms with van der Waals surface area (Å²) in [5.41, 5.74) is 6.92. The second-order valence-corrected chi connectivity index (χ2v) is 6.63. The third-order valence-electron chi connectivity index (χ3n) is 4.68. The Morgan fingerprint density at radius 3 is 2.90 bits per heavy atom. The van der Waals surface area contributed by atoms with Gasteiger partial charge in [-0.1, -0.05) is 23.0 Å². The van der Waals surface area contributed by atoms with Gasteiger partial charge in [0.15, 0.2) is 18.2 Å². The smallest absolute Gasteiger partial charge is 0.403 e. The Kier molecular flexibility index (Phi) is 5.15. The molecule has 2 aromatic heterocycles. The number of piperidine rings is 1. The molecule has 148 valence electrons. The first-order valence-corrected chi connectivity index (χ1v) is 9.12. The number of hydrogen-bond donors (Lipinski definition) is 2. The highest BCUT2D eigenvalue weighted by Crippen LogP contribution is 2.19. The van der Waals surface area contributed by atoms with Crippen LogP contribution < -0.4 is 20.2 Å². The summed E-state index contributed by atoms with van der Waals surface area (Å²) in [6.07, 6.45) is 2.34. The van der Waals surface area contributed by atoms with Crippen LogP contribution >= 0.6 is 0 Å². The zero-order valence-electron chi connectivity index (χ0n) is 15.5. The second-order valence-electron chi connectivity index (χ2n) is 6.63. The highest BCUT2D eigenvalue weighted by atomic mass is 19.1. The largest absolute Gasteiger partial charge is 0.460 e. The van der Waals surface area contributed by atoms with Crippen LogP contribution in [-0.4, -0.2) is 44.6 Å². The van der Waals surface area contributed by atoms with E-state index in [1.165, 1.54) is 0 Å². The molecule has 11 heteroatoms. The predicted octanol–water partition coefficient (Wildman–Crippen LogP) is 0.571. The summed E-state index contributed by atoms with van der Waals surface area (Å²) < 4.78 is 18.9. The Bertz CT molecular complexity index is 1040. The summed E-state index contributed by atoms with van der Waals surface area (Å²) in [5.74, 6) is -0.307. The van der Waals surface area contributed by atoms with Gasteiger partial charge in [-0.2, -0.15) is 10.2 Å². The molecule has 0 amide bonds. The Balaban J connectivity index is 1.34. The van der Waals surface area contributed by atoms with Crippen LogP contribution in [0.4, 0.5) is 16.2 Å². The van der Waals surface area contributed by atoms with Crippen LogP contribution in [0.1, 0.15) is 24.0 Å². The molecule has 3 heterocycles. The molecule has 0 spiro atoms. The summed E-state index contributed by atoms with van der Waals surface area (Å²) in [5, 5.41) is 20.8. The Hall–Kier alpha value is -3.81. The van der Waals surface area contributed by atoms with Gasteiger partial charge in [-0.15, -0.1) is 0 Å². The molecule has 0 saturated carbocycles. The van der Waals surface area contributed by atoms with Crippen LogP contribution in [0.3, 0.4) is 0 Å². The summed E-state index contributed by atoms with van der Waals surface area (Å²) in [6.45, 7) is 1.81. The lowest BCUT2D eigenvalue weighted by Gasteiger charge is -2.28. The Labute approximate surface area is 165 Å². The highest BCUT2D eigenvalue weighted by Gasteiger charge is 2.27. The van der Waals surface area contributed by atoms with E-state index in [0.717, 1.165) is 11.8 Å². The lowest BCUT2D eigenvalue weighted by Crippen LogP contribution is -2.42. The standard InChI is InChI=1S/C18H18FN9O/c19-15-10-22-18(23-16(15)21)29-14-5-7-27(8-6-14)17-24-26-28(25-17)11-13-4-2-1-3-12(13)9-20/h1-4,10,14H,5-8,11H2,(H2,21,22,23)/p+1. The maximum atomic E-state index is 13.2. The van der Waals surface area contributed by atoms with Crippen LogP contribution in [0, 0.1) is 17.1 Å². The van der Waals surface area contributed by atoms with Gasteiger partial charge in [0.05, 0.1) is 22.9 Å². The minimum atomic E-state index is -0.664. The fourth-order valence-corrected chi connectivity index (χ4v) is 3.13. The number of H-pyrrole nitrogens is 1. The number of nitrogens with zero attached hydrogens (tertiary/aromatic N) is 7. The minimum absolute atomic E-state index is 0.0780. The monoisotopic (exact) mass is 396 g/mol. The van der Waals surface area contributed by atoms with Crippen molar-refractivity contribution in [3.8, 4) is 12.1 Å². The number of halogens is 1. The summed E-state index contributed by atoms with van der Waals surface area (Å²) in [7, 11) is 0. The molecule has 3 aromatic rings. The third-order valence-corrected chi connectivity index (χ3v) is 4.68. The number of anilines is 2. The molecule has 29 heavy (non-hydrogen) atoms. The molecular weight excluding hydrogens is 377 g/mol. The summed E-state index contributed by atoms with van der Waals surface area (Å²) >= 11 is 0. The average Bonchev–Trinajstić information content (AvgIpc) is 3.20. The molecule has 1 aliphatic rings. The van der Waals surface area contributed by atoms with Crippen molar-refractivity contribution in [1.82, 2.24) is 25.4 Å². The fraction of sp³-hybridized carbons (Fsp3) is 0.333. The van der Waals surface area contributed by atoms with Crippen LogP contribution in [0.2, 0.25) is 0 Å². The molecule has 1 aliphatic heterocycles. The zero-order chi connectivity index (χ0) is 20.2. The number of nitrogens with one attached hydrogen (secondary N) is 1. The number of hydrogen-bond acceptors (Lipinski definition) is 8. The van der Waals surface area contributed by atoms with Gasteiger partial charge >= 0.3 is 12.0 Å². The Morgan fingerprint density at radius 1 is 1.34 bits per heavy atom. The number of nitrogen functional groups attached to an aromatic ring is 1. The molecule has 0 radical (unpaired) electrons. The maximum absolute atomic E-state index is 13.2. The minimum Gasteiger partial charge on any atom is -0.460 e. The van der Waals surface area contributed by atoms with Gasteiger partial charge < -0.3 is 15.4 Å². The fourth-order valence-electron chi connectivity index (χ4n) is 3.13. The van der Waals surface area contributed by atoms with Crippen molar-refractivity contribution in [3.05, 3.63) is 47.4 Å². The van der Waals surface area contributed by atoms with E-state index in [4.69, 9.17) is 10.5 Å². The quantitative estimate of drug-likeness (QED) is 0.598. The first-order valence-electron chi connectivity index (χ1n) is 9.12. The van der Waals surface area contributed by atoms with Gasteiger partial charge in [0, 0.05) is 36.6 Å². The average molecular weight is 396 g/mol. The number of tetrazole rings is 1. The van der Waals surface area contributed by atoms with Gasteiger partial charge in [0.1, 0.15) is 6.10 Å². The molecule has 0 bridgehead atoms. The van der Waals surface area contributed by atoms with Crippen LogP contribution in [-0.2, 0) is 6.54 Å². The number of benzene rings is 1. The maximum Gasteiger partial charge on any atom is 0.403 e. The molecule has 1 aromatic carbocycles. The van der Waals surface area contributed by atoms with Gasteiger partial charge in [0.2, 0.25) is 0 Å². The number of aromatic amines is 1. The van der Waals surface area contributed by atoms with Crippen molar-refractivity contribution < 1.29 is 13.9 Å². The van der Waals surface area contributed by atoms with Crippen molar-refractivity contribution in [1.29, 1.82) is 5.26 Å². The van der Waals surface area contributed by atoms with E-state index >= 15 is 0 Å². The summed E-state index contributed by atoms with van der Waals surface area (Å²) in [4.78, 5) is 11.3. The molecule has 3 N–H and O–H groups in total. The van der Waals surface area contributed by atoms with E-state index in [1.807, 2.05) is 23.1 Å². The first-order chi connectivity index (χ1) is 14.1. The SMILES string of the molecule is N#Cc1ccccc1C[n+]1nc(N2CCC(Oc3ncc(F)c(N)n3)CC2)n[nH]1. The van der Waals surface area contributed by atoms with Gasteiger partial charge in [-0.05, 0) is 11.3 Å². The van der Waals surface area contributed by atoms with Crippen LogP contribution in [0.15, 0.2) is 30.5 Å². The highest BCUT2D eigenvalue weighted by molar-refractivity contribution is 5.36. The zero-order valence-corrected chi connectivity index (χ0v) is 15.5. The normalized spacial score (nSPS) is 14.6. The van der Waals surface area contributed by atoms with E-state index in [9.17, 15) is 9.65 Å². The van der Waals surface area contributed by atoms with E-state index < -0.39 is 5.82 Å². The van der Waals surface area contributed by atoms with Crippen LogP contribution in [0.25, 0.3) is 0 Å². The number of rotatable bonds is 5. The first kappa shape index (κ1) is 18.5. The molecule has 0 atom stereocenters. The van der Waals surface area contributed by atoms with E-state index in [0.29, 0.717) is 44.0 Å². The molecular formula is C18H19FN9O+. The topological polar surface area (TPSA) is 134 Å². The van der Waals surface area contributed by atoms with Crippen molar-refractivity contribution in [2.45, 2.75) is 25.5 Å². The van der Waals surface area contributed by atoms with Crippen molar-refractivity contribution in [2.24, 2.45) is 0 Å². The molecule has 0 aliphatic carbocycles. The molecule has 4 rings (SSSR count). The number of ether oxygens (including phenoxy) is 1. The van der Waals surface area contributed by atoms with Crippen molar-refractivity contribution >= 4 is 11.8 Å². The molecule has 1 fully saturated rings. The van der Waals surface area contributed by atoms with E-state index in [2.05, 4.69) is 31.4 Å². The molecule has 10 nitrogen and oxygen atoms in total. The number of nitriles is 1. The molecule has 1 saturated heterocycles. The number of nitrogens with two attached hydrogens (primary N) is 1. The Morgan fingerprint density at radius 2 is 2.14 bits per heavy atom. The predicted molar refractivity (Wildman–Crippen MR) is 99.1 cm³/mol. The van der Waals surface area contributed by atoms with E-state index in [-0.39, 0.29) is 17.9 Å². The number of aromatic nitrogens is 6. The van der Waals surface area contributed by atoms with Crippen molar-refractivity contribution in [2.75, 3.05) is 23.7 Å². The third kappa shape index (κ3) is 4.21. The summed E-state index contributed by atoms with van der Waals surface area (Å²) in [6, 6.07) is 9.64. The lowest BCUT2D eigenvalue weighted by molar-refractivity contribution is -0.797.